The lowest BCUT2D eigenvalue weighted by molar-refractivity contribution is 0.0457. The number of esters is 1. The van der Waals surface area contributed by atoms with Crippen molar-refractivity contribution in [3.05, 3.63) is 20.9 Å². The highest BCUT2D eigenvalue weighted by Crippen LogP contribution is 2.41. The number of fused-ring (bicyclic) bond motifs is 1. The molecule has 1 aliphatic rings. The monoisotopic (exact) mass is 362 g/mol. The van der Waals surface area contributed by atoms with E-state index in [2.05, 4.69) is 58.8 Å². The topological polar surface area (TPSA) is 26.3 Å². The van der Waals surface area contributed by atoms with Gasteiger partial charge in [0.05, 0.1) is 17.0 Å². The maximum absolute atomic E-state index is 12.8. The average molecular weight is 363 g/mol. The van der Waals surface area contributed by atoms with Gasteiger partial charge in [-0.15, -0.1) is 16.9 Å². The molecule has 0 N–H and O–H groups in total. The zero-order valence-electron chi connectivity index (χ0n) is 16.1. The summed E-state index contributed by atoms with van der Waals surface area (Å²) >= 11 is 1.71. The third-order valence-corrected chi connectivity index (χ3v) is 6.16. The van der Waals surface area contributed by atoms with Gasteiger partial charge in [-0.2, -0.15) is 0 Å². The maximum atomic E-state index is 12.8. The molecule has 0 atom stereocenters. The molecule has 132 valence electrons. The Bertz CT molecular complexity index is 681. The highest BCUT2D eigenvalue weighted by atomic mass is 32.1. The van der Waals surface area contributed by atoms with Crippen LogP contribution in [0, 0.1) is 22.8 Å². The van der Waals surface area contributed by atoms with Crippen molar-refractivity contribution in [1.82, 2.24) is 0 Å². The lowest BCUT2D eigenvalue weighted by Crippen LogP contribution is -2.23. The summed E-state index contributed by atoms with van der Waals surface area (Å²) in [5, 5.41) is 0. The molecule has 0 bridgehead atoms. The summed E-state index contributed by atoms with van der Waals surface area (Å²) in [6.07, 6.45) is 3.16. The van der Waals surface area contributed by atoms with Crippen LogP contribution in [0.5, 0.6) is 0 Å². The Morgan fingerprint density at radius 2 is 2.00 bits per heavy atom. The lowest BCUT2D eigenvalue weighted by Gasteiger charge is -2.29. The number of carbonyl (C=O) groups excluding carboxylic acids is 1. The van der Waals surface area contributed by atoms with Gasteiger partial charge in [0.25, 0.3) is 0 Å². The molecule has 1 heterocycles. The van der Waals surface area contributed by atoms with Gasteiger partial charge in [0.2, 0.25) is 0 Å². The first kappa shape index (κ1) is 19.3. The van der Waals surface area contributed by atoms with Crippen molar-refractivity contribution in [3.8, 4) is 11.5 Å². The molecule has 0 fully saturated rings. The SMILES string of the molecule is CC(C)COC(=O)c1c(C#C[Si](C)(C)C)sc2c1CC(C)(C)CC2. The Labute approximate surface area is 152 Å². The predicted octanol–water partition coefficient (Wildman–Crippen LogP) is 5.30. The molecule has 1 aromatic rings. The van der Waals surface area contributed by atoms with Crippen molar-refractivity contribution in [2.75, 3.05) is 6.61 Å². The molecule has 0 saturated carbocycles. The molecule has 0 aromatic carbocycles. The normalized spacial score (nSPS) is 16.3. The zero-order chi connectivity index (χ0) is 18.1. The van der Waals surface area contributed by atoms with Gasteiger partial charge in [-0.3, -0.25) is 0 Å². The smallest absolute Gasteiger partial charge is 0.340 e. The molecule has 0 amide bonds. The molecular weight excluding hydrogens is 332 g/mol. The van der Waals surface area contributed by atoms with Gasteiger partial charge in [-0.1, -0.05) is 53.3 Å². The van der Waals surface area contributed by atoms with Gasteiger partial charge >= 0.3 is 5.97 Å². The van der Waals surface area contributed by atoms with Crippen molar-refractivity contribution in [2.24, 2.45) is 11.3 Å². The first-order valence-electron chi connectivity index (χ1n) is 8.83. The summed E-state index contributed by atoms with van der Waals surface area (Å²) in [6, 6.07) is 0. The predicted molar refractivity (Wildman–Crippen MR) is 105 cm³/mol. The first-order valence-corrected chi connectivity index (χ1v) is 13.1. The zero-order valence-corrected chi connectivity index (χ0v) is 17.9. The Morgan fingerprint density at radius 1 is 1.33 bits per heavy atom. The van der Waals surface area contributed by atoms with Crippen LogP contribution in [0.4, 0.5) is 0 Å². The van der Waals surface area contributed by atoms with Crippen molar-refractivity contribution < 1.29 is 9.53 Å². The number of rotatable bonds is 3. The minimum Gasteiger partial charge on any atom is -0.462 e. The second kappa shape index (κ2) is 7.05. The summed E-state index contributed by atoms with van der Waals surface area (Å²) in [7, 11) is -1.48. The van der Waals surface area contributed by atoms with Gasteiger partial charge in [-0.25, -0.2) is 4.79 Å². The lowest BCUT2D eigenvalue weighted by atomic mass is 9.76. The molecule has 1 aromatic heterocycles. The standard InChI is InChI=1S/C20H30O2SSi/c1-14(2)13-22-19(21)18-15-12-20(3,4)10-8-16(15)23-17(18)9-11-24(5,6)7/h14H,8,10,12-13H2,1-7H3. The van der Waals surface area contributed by atoms with Gasteiger partial charge in [0.15, 0.2) is 0 Å². The van der Waals surface area contributed by atoms with E-state index < -0.39 is 8.07 Å². The van der Waals surface area contributed by atoms with E-state index in [0.29, 0.717) is 12.5 Å². The molecule has 0 spiro atoms. The van der Waals surface area contributed by atoms with Crippen LogP contribution in [0.3, 0.4) is 0 Å². The van der Waals surface area contributed by atoms with E-state index in [4.69, 9.17) is 4.74 Å². The Balaban J connectivity index is 2.45. The number of hydrogen-bond acceptors (Lipinski definition) is 3. The Kier molecular flexibility index (Phi) is 5.67. The largest absolute Gasteiger partial charge is 0.462 e. The van der Waals surface area contributed by atoms with Crippen LogP contribution in [0.25, 0.3) is 0 Å². The second-order valence-corrected chi connectivity index (χ2v) is 14.9. The molecule has 24 heavy (non-hydrogen) atoms. The summed E-state index contributed by atoms with van der Waals surface area (Å²) in [6.45, 7) is 15.8. The molecule has 4 heteroatoms. The summed E-state index contributed by atoms with van der Waals surface area (Å²) in [5.41, 5.74) is 5.62. The van der Waals surface area contributed by atoms with Gasteiger partial charge in [-0.05, 0) is 36.2 Å². The molecule has 2 nitrogen and oxygen atoms in total. The molecule has 2 rings (SSSR count). The maximum Gasteiger partial charge on any atom is 0.340 e. The Morgan fingerprint density at radius 3 is 2.58 bits per heavy atom. The van der Waals surface area contributed by atoms with Gasteiger partial charge < -0.3 is 4.74 Å². The third-order valence-electron chi connectivity index (χ3n) is 4.08. The molecular formula is C20H30O2SSi. The van der Waals surface area contributed by atoms with E-state index in [9.17, 15) is 4.79 Å². The van der Waals surface area contributed by atoms with Crippen LogP contribution >= 0.6 is 11.3 Å². The molecule has 0 radical (unpaired) electrons. The minimum atomic E-state index is -1.48. The summed E-state index contributed by atoms with van der Waals surface area (Å²) in [5.74, 6) is 3.50. The van der Waals surface area contributed by atoms with Gasteiger partial charge in [0, 0.05) is 4.88 Å². The molecule has 1 aliphatic carbocycles. The van der Waals surface area contributed by atoms with E-state index >= 15 is 0 Å². The van der Waals surface area contributed by atoms with Crippen molar-refractivity contribution >= 4 is 25.4 Å². The van der Waals surface area contributed by atoms with Crippen LogP contribution in [-0.4, -0.2) is 20.7 Å². The van der Waals surface area contributed by atoms with Crippen LogP contribution in [-0.2, 0) is 17.6 Å². The molecule has 0 unspecified atom stereocenters. The van der Waals surface area contributed by atoms with Crippen molar-refractivity contribution in [2.45, 2.75) is 66.6 Å². The van der Waals surface area contributed by atoms with E-state index in [-0.39, 0.29) is 11.4 Å². The minimum absolute atomic E-state index is 0.182. The van der Waals surface area contributed by atoms with Crippen LogP contribution in [0.15, 0.2) is 0 Å². The van der Waals surface area contributed by atoms with E-state index in [1.165, 1.54) is 16.9 Å². The fourth-order valence-corrected chi connectivity index (χ4v) is 4.53. The fraction of sp³-hybridized carbons (Fsp3) is 0.650. The number of ether oxygens (including phenoxy) is 1. The van der Waals surface area contributed by atoms with Crippen molar-refractivity contribution in [1.29, 1.82) is 0 Å². The summed E-state index contributed by atoms with van der Waals surface area (Å²) in [4.78, 5) is 15.0. The number of carbonyl (C=O) groups is 1. The summed E-state index contributed by atoms with van der Waals surface area (Å²) < 4.78 is 5.57. The van der Waals surface area contributed by atoms with Crippen LogP contribution in [0.2, 0.25) is 19.6 Å². The highest BCUT2D eigenvalue weighted by Gasteiger charge is 2.33. The second-order valence-electron chi connectivity index (χ2n) is 9.04. The van der Waals surface area contributed by atoms with Crippen LogP contribution in [0.1, 0.15) is 59.8 Å². The van der Waals surface area contributed by atoms with Gasteiger partial charge in [0.1, 0.15) is 8.07 Å². The van der Waals surface area contributed by atoms with Crippen LogP contribution < -0.4 is 0 Å². The quantitative estimate of drug-likeness (QED) is 0.414. The van der Waals surface area contributed by atoms with E-state index in [0.717, 1.165) is 23.3 Å². The number of thiophene rings is 1. The van der Waals surface area contributed by atoms with E-state index in [1.807, 2.05) is 0 Å². The number of aryl methyl sites for hydroxylation is 1. The fourth-order valence-electron chi connectivity index (χ4n) is 2.78. The Hall–Kier alpha value is -1.05. The van der Waals surface area contributed by atoms with E-state index in [1.54, 1.807) is 11.3 Å². The first-order chi connectivity index (χ1) is 11.0. The molecule has 0 aliphatic heterocycles. The third kappa shape index (κ3) is 4.97. The van der Waals surface area contributed by atoms with Crippen molar-refractivity contribution in [3.63, 3.8) is 0 Å². The molecule has 0 saturated heterocycles. The average Bonchev–Trinajstić information content (AvgIpc) is 2.78. The number of hydrogen-bond donors (Lipinski definition) is 0. The highest BCUT2D eigenvalue weighted by molar-refractivity contribution is 7.13.